The van der Waals surface area contributed by atoms with E-state index in [1.54, 1.807) is 0 Å². The molecule has 7 nitrogen and oxygen atoms in total. The molecule has 5 N–H and O–H groups in total. The lowest BCUT2D eigenvalue weighted by Crippen LogP contribution is -2.39. The van der Waals surface area contributed by atoms with Crippen molar-refractivity contribution in [1.29, 1.82) is 0 Å². The molecule has 0 unspecified atom stereocenters. The molecule has 21 heavy (non-hydrogen) atoms. The first-order chi connectivity index (χ1) is 9.97. The lowest BCUT2D eigenvalue weighted by atomic mass is 10.1. The predicted octanol–water partition coefficient (Wildman–Crippen LogP) is -0.0558. The van der Waals surface area contributed by atoms with Crippen LogP contribution in [0.2, 0.25) is 0 Å². The molecule has 0 saturated carbocycles. The van der Waals surface area contributed by atoms with Crippen LogP contribution >= 0.6 is 11.3 Å². The highest BCUT2D eigenvalue weighted by Crippen LogP contribution is 2.29. The summed E-state index contributed by atoms with van der Waals surface area (Å²) in [6, 6.07) is 0.271. The van der Waals surface area contributed by atoms with Gasteiger partial charge in [0.05, 0.1) is 0 Å². The first kappa shape index (κ1) is 16.0. The summed E-state index contributed by atoms with van der Waals surface area (Å²) in [5, 5.41) is 3.68. The summed E-state index contributed by atoms with van der Waals surface area (Å²) in [5.74, 6) is 0.166. The number of carbonyl (C=O) groups excluding carboxylic acids is 1. The maximum atomic E-state index is 12.1. The number of nitrogens with two attached hydrogens (primary N) is 2. The number of carbonyl (C=O) groups is 1. The minimum absolute atomic E-state index is 0.146. The molecule has 1 aromatic rings. The van der Waals surface area contributed by atoms with Crippen LogP contribution < -0.4 is 21.7 Å². The van der Waals surface area contributed by atoms with Crippen LogP contribution in [0.25, 0.3) is 0 Å². The average Bonchev–Trinajstić information content (AvgIpc) is 2.81. The third-order valence-electron chi connectivity index (χ3n) is 3.50. The molecule has 118 valence electrons. The van der Waals surface area contributed by atoms with Gasteiger partial charge in [0.2, 0.25) is 0 Å². The van der Waals surface area contributed by atoms with E-state index in [0.717, 1.165) is 37.6 Å². The van der Waals surface area contributed by atoms with Crippen LogP contribution in [0.15, 0.2) is 0 Å². The lowest BCUT2D eigenvalue weighted by Gasteiger charge is -2.29. The van der Waals surface area contributed by atoms with Crippen molar-refractivity contribution in [2.45, 2.75) is 18.9 Å². The summed E-state index contributed by atoms with van der Waals surface area (Å²) < 4.78 is 0. The molecule has 0 spiro atoms. The number of aromatic nitrogens is 1. The van der Waals surface area contributed by atoms with Gasteiger partial charge in [-0.25, -0.2) is 4.98 Å². The Morgan fingerprint density at radius 3 is 2.76 bits per heavy atom. The van der Waals surface area contributed by atoms with Crippen LogP contribution in [0.4, 0.5) is 10.9 Å². The van der Waals surface area contributed by atoms with E-state index in [4.69, 9.17) is 11.5 Å². The molecule has 0 aromatic carbocycles. The van der Waals surface area contributed by atoms with Crippen molar-refractivity contribution in [2.75, 3.05) is 50.9 Å². The maximum Gasteiger partial charge on any atom is 0.265 e. The van der Waals surface area contributed by atoms with Gasteiger partial charge < -0.3 is 26.6 Å². The van der Waals surface area contributed by atoms with Crippen LogP contribution in [0.3, 0.4) is 0 Å². The van der Waals surface area contributed by atoms with Crippen LogP contribution in [-0.4, -0.2) is 62.1 Å². The van der Waals surface area contributed by atoms with Crippen molar-refractivity contribution in [3.63, 3.8) is 0 Å². The predicted molar refractivity (Wildman–Crippen MR) is 86.8 cm³/mol. The highest BCUT2D eigenvalue weighted by Gasteiger charge is 2.22. The Bertz CT molecular complexity index is 481. The third kappa shape index (κ3) is 4.29. The Hall–Kier alpha value is -1.38. The van der Waals surface area contributed by atoms with Crippen LogP contribution in [-0.2, 0) is 0 Å². The van der Waals surface area contributed by atoms with Crippen molar-refractivity contribution in [2.24, 2.45) is 5.73 Å². The normalized spacial score (nSPS) is 16.5. The Labute approximate surface area is 129 Å². The zero-order valence-electron chi connectivity index (χ0n) is 12.6. The molecular weight excluding hydrogens is 288 g/mol. The first-order valence-corrected chi connectivity index (χ1v) is 7.98. The number of piperidine rings is 1. The maximum absolute atomic E-state index is 12.1. The van der Waals surface area contributed by atoms with Crippen molar-refractivity contribution in [3.05, 3.63) is 4.88 Å². The fraction of sp³-hybridized carbons (Fsp3) is 0.692. The van der Waals surface area contributed by atoms with Crippen LogP contribution in [0.5, 0.6) is 0 Å². The van der Waals surface area contributed by atoms with Gasteiger partial charge >= 0.3 is 0 Å². The molecule has 0 bridgehead atoms. The van der Waals surface area contributed by atoms with Gasteiger partial charge in [-0.3, -0.25) is 4.79 Å². The minimum Gasteiger partial charge on any atom is -0.382 e. The van der Waals surface area contributed by atoms with Gasteiger partial charge in [0.25, 0.3) is 5.91 Å². The molecule has 0 radical (unpaired) electrons. The summed E-state index contributed by atoms with van der Waals surface area (Å²) in [6.45, 7) is 3.13. The molecule has 1 amide bonds. The van der Waals surface area contributed by atoms with Gasteiger partial charge in [0.15, 0.2) is 5.13 Å². The van der Waals surface area contributed by atoms with E-state index in [9.17, 15) is 4.79 Å². The molecule has 0 atom stereocenters. The number of hydrogen-bond acceptors (Lipinski definition) is 7. The van der Waals surface area contributed by atoms with Crippen LogP contribution in [0, 0.1) is 0 Å². The van der Waals surface area contributed by atoms with E-state index in [-0.39, 0.29) is 11.9 Å². The second-order valence-electron chi connectivity index (χ2n) is 5.59. The molecule has 2 heterocycles. The number of anilines is 2. The standard InChI is InChI=1S/C13H24N6OS/c1-18(2)8-5-16-12(20)10-11(15)17-13(21-10)19-6-3-9(14)4-7-19/h9H,3-8,14-15H2,1-2H3,(H,16,20). The number of nitrogens with zero attached hydrogens (tertiary/aromatic N) is 3. The number of rotatable bonds is 5. The molecular formula is C13H24N6OS. The topological polar surface area (TPSA) is 101 Å². The second kappa shape index (κ2) is 7.06. The molecule has 2 rings (SSSR count). The molecule has 1 aromatic heterocycles. The van der Waals surface area contributed by atoms with Gasteiger partial charge in [-0.15, -0.1) is 0 Å². The summed E-state index contributed by atoms with van der Waals surface area (Å²) >= 11 is 1.36. The van der Waals surface area contributed by atoms with E-state index in [1.807, 2.05) is 19.0 Å². The van der Waals surface area contributed by atoms with Gasteiger partial charge in [0.1, 0.15) is 10.7 Å². The number of hydrogen-bond donors (Lipinski definition) is 3. The molecule has 1 aliphatic heterocycles. The number of thiazole rings is 1. The van der Waals surface area contributed by atoms with Crippen LogP contribution in [0.1, 0.15) is 22.5 Å². The second-order valence-corrected chi connectivity index (χ2v) is 6.57. The van der Waals surface area contributed by atoms with E-state index in [0.29, 0.717) is 17.2 Å². The molecule has 0 aliphatic carbocycles. The largest absolute Gasteiger partial charge is 0.382 e. The van der Waals surface area contributed by atoms with Gasteiger partial charge in [0, 0.05) is 32.2 Å². The van der Waals surface area contributed by atoms with Gasteiger partial charge in [-0.2, -0.15) is 0 Å². The molecule has 8 heteroatoms. The Morgan fingerprint density at radius 1 is 1.48 bits per heavy atom. The van der Waals surface area contributed by atoms with Crippen molar-refractivity contribution in [3.8, 4) is 0 Å². The quantitative estimate of drug-likeness (QED) is 0.704. The van der Waals surface area contributed by atoms with E-state index < -0.39 is 0 Å². The number of amides is 1. The molecule has 1 fully saturated rings. The summed E-state index contributed by atoms with van der Waals surface area (Å²) in [4.78, 5) is 21.1. The number of likely N-dealkylation sites (N-methyl/N-ethyl adjacent to an activating group) is 1. The third-order valence-corrected chi connectivity index (χ3v) is 4.63. The SMILES string of the molecule is CN(C)CCNC(=O)c1sc(N2CCC(N)CC2)nc1N. The summed E-state index contributed by atoms with van der Waals surface area (Å²) in [5.41, 5.74) is 11.8. The Kier molecular flexibility index (Phi) is 5.38. The van der Waals surface area contributed by atoms with E-state index in [2.05, 4.69) is 15.2 Å². The Morgan fingerprint density at radius 2 is 2.14 bits per heavy atom. The van der Waals surface area contributed by atoms with Crippen molar-refractivity contribution in [1.82, 2.24) is 15.2 Å². The zero-order valence-corrected chi connectivity index (χ0v) is 13.4. The molecule has 1 saturated heterocycles. The van der Waals surface area contributed by atoms with Gasteiger partial charge in [-0.1, -0.05) is 11.3 Å². The average molecular weight is 312 g/mol. The highest BCUT2D eigenvalue weighted by atomic mass is 32.1. The number of nitrogens with one attached hydrogen (secondary N) is 1. The van der Waals surface area contributed by atoms with Crippen molar-refractivity contribution < 1.29 is 4.79 Å². The fourth-order valence-corrected chi connectivity index (χ4v) is 3.14. The zero-order chi connectivity index (χ0) is 15.4. The first-order valence-electron chi connectivity index (χ1n) is 7.17. The summed E-state index contributed by atoms with van der Waals surface area (Å²) in [6.07, 6.45) is 1.90. The van der Waals surface area contributed by atoms with Crippen molar-refractivity contribution >= 4 is 28.2 Å². The molecule has 1 aliphatic rings. The minimum atomic E-state index is -0.146. The van der Waals surface area contributed by atoms with E-state index >= 15 is 0 Å². The van der Waals surface area contributed by atoms with Gasteiger partial charge in [-0.05, 0) is 26.9 Å². The summed E-state index contributed by atoms with van der Waals surface area (Å²) in [7, 11) is 3.93. The van der Waals surface area contributed by atoms with E-state index in [1.165, 1.54) is 11.3 Å². The number of nitrogen functional groups attached to an aromatic ring is 1. The monoisotopic (exact) mass is 312 g/mol. The smallest absolute Gasteiger partial charge is 0.265 e. The Balaban J connectivity index is 1.96. The lowest BCUT2D eigenvalue weighted by molar-refractivity contribution is 0.0956. The highest BCUT2D eigenvalue weighted by molar-refractivity contribution is 7.18. The fourth-order valence-electron chi connectivity index (χ4n) is 2.18.